The van der Waals surface area contributed by atoms with E-state index in [4.69, 9.17) is 49.5 Å². The minimum absolute atomic E-state index is 0.0627. The van der Waals surface area contributed by atoms with Crippen molar-refractivity contribution in [2.75, 3.05) is 7.05 Å². The number of aliphatic imine (C=N–C) groups is 1. The molecule has 0 aliphatic heterocycles. The second kappa shape index (κ2) is 17.1. The minimum atomic E-state index is -1.21. The number of ether oxygens (including phenoxy) is 2. The van der Waals surface area contributed by atoms with Crippen molar-refractivity contribution in [1.82, 2.24) is 9.88 Å². The van der Waals surface area contributed by atoms with E-state index in [0.717, 1.165) is 11.1 Å². The number of rotatable bonds is 9. The number of esters is 1. The molecule has 0 saturated heterocycles. The molecule has 1 heterocycles. The molecule has 1 aliphatic rings. The van der Waals surface area contributed by atoms with E-state index in [-0.39, 0.29) is 11.7 Å². The van der Waals surface area contributed by atoms with Gasteiger partial charge in [0.25, 0.3) is 0 Å². The van der Waals surface area contributed by atoms with E-state index >= 15 is 0 Å². The highest BCUT2D eigenvalue weighted by atomic mass is 35.5. The average molecular weight is 733 g/mol. The number of halogens is 4. The number of carbonyl (C=O) groups excluding carboxylic acids is 1. The summed E-state index contributed by atoms with van der Waals surface area (Å²) in [5.41, 5.74) is 1.74. The first-order valence-corrected chi connectivity index (χ1v) is 16.5. The van der Waals surface area contributed by atoms with Gasteiger partial charge in [0.1, 0.15) is 22.8 Å². The van der Waals surface area contributed by atoms with Crippen LogP contribution >= 0.6 is 34.8 Å². The molecule has 0 spiro atoms. The second-order valence-electron chi connectivity index (χ2n) is 12.0. The molecule has 8 nitrogen and oxygen atoms in total. The van der Waals surface area contributed by atoms with Gasteiger partial charge in [0, 0.05) is 35.4 Å². The van der Waals surface area contributed by atoms with Gasteiger partial charge in [-0.1, -0.05) is 97.2 Å². The average Bonchev–Trinajstić information content (AvgIpc) is 3.65. The van der Waals surface area contributed by atoms with Crippen LogP contribution in [0, 0.1) is 45.9 Å². The van der Waals surface area contributed by atoms with Gasteiger partial charge in [0.15, 0.2) is 11.6 Å². The number of allylic oxidation sites excluding steroid dienone is 1. The zero-order valence-electron chi connectivity index (χ0n) is 27.6. The summed E-state index contributed by atoms with van der Waals surface area (Å²) in [5, 5.41) is 19.7. The minimum Gasteiger partial charge on any atom is -0.454 e. The van der Waals surface area contributed by atoms with E-state index < -0.39 is 29.2 Å². The van der Waals surface area contributed by atoms with Gasteiger partial charge in [0.05, 0.1) is 5.92 Å². The molecule has 1 saturated carbocycles. The first-order chi connectivity index (χ1) is 23.8. The van der Waals surface area contributed by atoms with Crippen molar-refractivity contribution in [2.24, 2.45) is 22.2 Å². The fraction of sp³-hybridized carbons (Fsp3) is 0.237. The Bertz CT molecular complexity index is 1940. The Hall–Kier alpha value is -4.93. The Morgan fingerprint density at radius 2 is 1.78 bits per heavy atom. The molecular weight excluding hydrogens is 700 g/mol. The van der Waals surface area contributed by atoms with Gasteiger partial charge in [-0.2, -0.15) is 15.5 Å². The molecule has 1 fully saturated rings. The summed E-state index contributed by atoms with van der Waals surface area (Å²) in [7, 11) is 1.87. The predicted octanol–water partition coefficient (Wildman–Crippen LogP) is 10.00. The van der Waals surface area contributed by atoms with Crippen molar-refractivity contribution < 1.29 is 18.7 Å². The molecule has 0 radical (unpaired) electrons. The molecule has 4 aromatic rings. The first kappa shape index (κ1) is 37.9. The summed E-state index contributed by atoms with van der Waals surface area (Å²) in [6.45, 7) is 6.32. The molecule has 0 N–H and O–H groups in total. The number of para-hydroxylation sites is 1. The van der Waals surface area contributed by atoms with Crippen molar-refractivity contribution in [3.8, 4) is 23.8 Å². The second-order valence-corrected chi connectivity index (χ2v) is 13.2. The van der Waals surface area contributed by atoms with E-state index in [2.05, 4.69) is 9.98 Å². The van der Waals surface area contributed by atoms with Crippen LogP contribution in [-0.2, 0) is 16.1 Å². The molecule has 0 bridgehead atoms. The molecule has 0 amide bonds. The van der Waals surface area contributed by atoms with Crippen LogP contribution in [0.25, 0.3) is 5.03 Å². The normalized spacial score (nSPS) is 16.8. The number of hydrogen-bond acceptors (Lipinski definition) is 7. The van der Waals surface area contributed by atoms with Crippen molar-refractivity contribution >= 4 is 51.6 Å². The van der Waals surface area contributed by atoms with Gasteiger partial charge in [0.2, 0.25) is 12.3 Å². The number of amidine groups is 1. The highest BCUT2D eigenvalue weighted by Crippen LogP contribution is 2.60. The van der Waals surface area contributed by atoms with Crippen molar-refractivity contribution in [3.05, 3.63) is 130 Å². The topological polar surface area (TPSA) is 112 Å². The van der Waals surface area contributed by atoms with Gasteiger partial charge in [-0.3, -0.25) is 4.79 Å². The summed E-state index contributed by atoms with van der Waals surface area (Å²) < 4.78 is 25.5. The standard InChI is InChI=1S/C28H22Cl2FNO3.C10H11ClN4/c1-28(2)21(15-22(30)17-8-11-19(29)12-9-17)26(28)27(33)35-25(16-32)18-10-13-23(31)24(14-18)34-20-6-4-3-5-7-20;1-8(14-7-12)15(2)6-9-3-4-10(11)13-5-9/h3-15,21,25-26H,1-2H3;3-5H,6H2,1-2H3/b22-15-;14-8+. The van der Waals surface area contributed by atoms with Crippen LogP contribution in [0.3, 0.4) is 0 Å². The third-order valence-corrected chi connectivity index (χ3v) is 8.98. The summed E-state index contributed by atoms with van der Waals surface area (Å²) in [4.78, 5) is 22.5. The first-order valence-electron chi connectivity index (χ1n) is 15.3. The fourth-order valence-electron chi connectivity index (χ4n) is 5.08. The number of benzene rings is 3. The highest BCUT2D eigenvalue weighted by Gasteiger charge is 2.62. The van der Waals surface area contributed by atoms with E-state index in [9.17, 15) is 14.4 Å². The lowest BCUT2D eigenvalue weighted by Crippen LogP contribution is -2.23. The summed E-state index contributed by atoms with van der Waals surface area (Å²) in [6.07, 6.45) is 4.08. The molecule has 12 heteroatoms. The Morgan fingerprint density at radius 1 is 1.08 bits per heavy atom. The quantitative estimate of drug-likeness (QED) is 0.0554. The van der Waals surface area contributed by atoms with Crippen molar-refractivity contribution in [3.63, 3.8) is 0 Å². The largest absolute Gasteiger partial charge is 0.454 e. The number of aromatic nitrogens is 1. The number of nitrogens with zero attached hydrogens (tertiary/aromatic N) is 5. The zero-order chi connectivity index (χ0) is 36.4. The van der Waals surface area contributed by atoms with Crippen LogP contribution in [0.2, 0.25) is 10.2 Å². The molecule has 50 heavy (non-hydrogen) atoms. The Labute approximate surface area is 306 Å². The van der Waals surface area contributed by atoms with E-state index in [1.54, 1.807) is 73.9 Å². The smallest absolute Gasteiger partial charge is 0.311 e. The molecule has 1 aliphatic carbocycles. The van der Waals surface area contributed by atoms with E-state index in [0.29, 0.717) is 38.9 Å². The molecule has 5 rings (SSSR count). The van der Waals surface area contributed by atoms with Crippen LogP contribution in [0.5, 0.6) is 11.5 Å². The zero-order valence-corrected chi connectivity index (χ0v) is 29.9. The van der Waals surface area contributed by atoms with Gasteiger partial charge in [-0.15, -0.1) is 0 Å². The molecule has 3 atom stereocenters. The lowest BCUT2D eigenvalue weighted by Gasteiger charge is -2.17. The Kier molecular flexibility index (Phi) is 13.0. The van der Waals surface area contributed by atoms with Crippen LogP contribution in [-0.4, -0.2) is 28.7 Å². The van der Waals surface area contributed by atoms with Crippen LogP contribution in [0.15, 0.2) is 102 Å². The highest BCUT2D eigenvalue weighted by molar-refractivity contribution is 6.48. The molecule has 3 unspecified atom stereocenters. The summed E-state index contributed by atoms with van der Waals surface area (Å²) in [5.74, 6) is -0.687. The number of pyridine rings is 1. The molecule has 1 aromatic heterocycles. The molecule has 3 aromatic carbocycles. The number of hydrogen-bond donors (Lipinski definition) is 0. The van der Waals surface area contributed by atoms with Crippen molar-refractivity contribution in [2.45, 2.75) is 33.4 Å². The summed E-state index contributed by atoms with van der Waals surface area (Å²) >= 11 is 18.1. The van der Waals surface area contributed by atoms with Gasteiger partial charge in [-0.25, -0.2) is 9.37 Å². The molecule has 256 valence electrons. The fourth-order valence-corrected chi connectivity index (χ4v) is 5.58. The van der Waals surface area contributed by atoms with Gasteiger partial charge < -0.3 is 14.4 Å². The molecular formula is C38H33Cl3FN5O3. The van der Waals surface area contributed by atoms with Crippen LogP contribution in [0.4, 0.5) is 4.39 Å². The maximum atomic E-state index is 14.3. The maximum absolute atomic E-state index is 14.3. The Morgan fingerprint density at radius 3 is 2.40 bits per heavy atom. The van der Waals surface area contributed by atoms with E-state index in [1.807, 2.05) is 50.1 Å². The maximum Gasteiger partial charge on any atom is 0.311 e. The van der Waals surface area contributed by atoms with Crippen molar-refractivity contribution in [1.29, 1.82) is 10.5 Å². The van der Waals surface area contributed by atoms with Crippen LogP contribution in [0.1, 0.15) is 43.6 Å². The number of carbonyl (C=O) groups is 1. The lowest BCUT2D eigenvalue weighted by molar-refractivity contribution is -0.149. The predicted molar refractivity (Wildman–Crippen MR) is 193 cm³/mol. The Balaban J connectivity index is 0.000000314. The van der Waals surface area contributed by atoms with Gasteiger partial charge in [-0.05, 0) is 71.8 Å². The third kappa shape index (κ3) is 10.1. The summed E-state index contributed by atoms with van der Waals surface area (Å²) in [6, 6.07) is 25.4. The lowest BCUT2D eigenvalue weighted by atomic mass is 10.1. The van der Waals surface area contributed by atoms with E-state index in [1.165, 1.54) is 18.2 Å². The third-order valence-electron chi connectivity index (χ3n) is 8.16. The van der Waals surface area contributed by atoms with Gasteiger partial charge >= 0.3 is 5.97 Å². The monoisotopic (exact) mass is 731 g/mol. The SMILES string of the molecule is C/C(=N\C#N)N(C)Cc1ccc(Cl)nc1.CC1(C)C(/C=C(\Cl)c2ccc(Cl)cc2)C1C(=O)OC(C#N)c1ccc(F)c(Oc2ccccc2)c1. The number of nitriles is 2. The van der Waals surface area contributed by atoms with Crippen LogP contribution < -0.4 is 4.74 Å².